The number of carbonyl (C=O) groups is 1. The molecule has 0 saturated heterocycles. The van der Waals surface area contributed by atoms with Crippen LogP contribution in [0, 0.1) is 0 Å². The molecule has 3 N–H and O–H groups in total. The van der Waals surface area contributed by atoms with Crippen molar-refractivity contribution in [1.82, 2.24) is 14.4 Å². The molecular weight excluding hydrogens is 416 g/mol. The first-order valence-corrected chi connectivity index (χ1v) is 11.2. The lowest BCUT2D eigenvalue weighted by atomic mass is 9.73. The number of hydrogen-bond acceptors (Lipinski definition) is 5. The number of anilines is 1. The first-order chi connectivity index (χ1) is 16.1. The molecule has 7 nitrogen and oxygen atoms in total. The van der Waals surface area contributed by atoms with Crippen molar-refractivity contribution in [1.29, 1.82) is 0 Å². The number of carboxylic acids is 1. The molecule has 2 aromatic carbocycles. The summed E-state index contributed by atoms with van der Waals surface area (Å²) in [4.78, 5) is 21.7. The van der Waals surface area contributed by atoms with Crippen LogP contribution >= 0.6 is 0 Å². The topological polar surface area (TPSA) is 103 Å². The Bertz CT molecular complexity index is 1290. The molecule has 0 aliphatic heterocycles. The van der Waals surface area contributed by atoms with Crippen LogP contribution in [0.4, 0.5) is 5.82 Å². The van der Waals surface area contributed by atoms with Crippen molar-refractivity contribution in [2.75, 3.05) is 5.73 Å². The zero-order valence-corrected chi connectivity index (χ0v) is 18.3. The SMILES string of the molecule is Nc1nccn2c(C3(C(=O)O)CCCCC3)nc(-c3cccc(OCc4ccccc4)c3)c12. The van der Waals surface area contributed by atoms with E-state index >= 15 is 0 Å². The van der Waals surface area contributed by atoms with E-state index < -0.39 is 11.4 Å². The average molecular weight is 443 g/mol. The van der Waals surface area contributed by atoms with Crippen molar-refractivity contribution in [2.24, 2.45) is 0 Å². The van der Waals surface area contributed by atoms with E-state index in [1.54, 1.807) is 12.4 Å². The molecule has 4 aromatic rings. The monoisotopic (exact) mass is 442 g/mol. The van der Waals surface area contributed by atoms with E-state index in [1.165, 1.54) is 0 Å². The molecule has 0 atom stereocenters. The minimum absolute atomic E-state index is 0.318. The number of nitrogens with zero attached hydrogens (tertiary/aromatic N) is 3. The second-order valence-electron chi connectivity index (χ2n) is 8.57. The highest BCUT2D eigenvalue weighted by atomic mass is 16.5. The molecule has 2 heterocycles. The molecule has 1 aliphatic rings. The van der Waals surface area contributed by atoms with Crippen LogP contribution in [0.5, 0.6) is 5.75 Å². The van der Waals surface area contributed by atoms with E-state index in [0.717, 1.165) is 30.4 Å². The number of imidazole rings is 1. The fourth-order valence-electron chi connectivity index (χ4n) is 4.77. The highest BCUT2D eigenvalue weighted by Crippen LogP contribution is 2.42. The number of nitrogens with two attached hydrogens (primary N) is 1. The largest absolute Gasteiger partial charge is 0.489 e. The summed E-state index contributed by atoms with van der Waals surface area (Å²) in [6, 6.07) is 17.6. The van der Waals surface area contributed by atoms with Gasteiger partial charge in [0.05, 0.1) is 0 Å². The Kier molecular flexibility index (Phi) is 5.46. The van der Waals surface area contributed by atoms with Crippen LogP contribution in [-0.4, -0.2) is 25.4 Å². The van der Waals surface area contributed by atoms with Gasteiger partial charge in [0, 0.05) is 18.0 Å². The van der Waals surface area contributed by atoms with Crippen LogP contribution in [0.2, 0.25) is 0 Å². The smallest absolute Gasteiger partial charge is 0.317 e. The summed E-state index contributed by atoms with van der Waals surface area (Å²) in [5.41, 5.74) is 8.37. The van der Waals surface area contributed by atoms with Crippen molar-refractivity contribution in [3.05, 3.63) is 78.4 Å². The van der Waals surface area contributed by atoms with E-state index in [0.29, 0.717) is 48.1 Å². The molecule has 5 rings (SSSR count). The lowest BCUT2D eigenvalue weighted by Crippen LogP contribution is -2.39. The van der Waals surface area contributed by atoms with Gasteiger partial charge in [0.1, 0.15) is 40.6 Å². The molecule has 0 spiro atoms. The normalized spacial score (nSPS) is 15.4. The van der Waals surface area contributed by atoms with Gasteiger partial charge < -0.3 is 15.6 Å². The van der Waals surface area contributed by atoms with Gasteiger partial charge in [-0.3, -0.25) is 9.20 Å². The summed E-state index contributed by atoms with van der Waals surface area (Å²) < 4.78 is 7.82. The predicted octanol–water partition coefficient (Wildman–Crippen LogP) is 4.84. The lowest BCUT2D eigenvalue weighted by molar-refractivity contribution is -0.145. The maximum atomic E-state index is 12.5. The lowest BCUT2D eigenvalue weighted by Gasteiger charge is -2.31. The summed E-state index contributed by atoms with van der Waals surface area (Å²) in [5.74, 6) is 0.700. The van der Waals surface area contributed by atoms with Crippen molar-refractivity contribution in [2.45, 2.75) is 44.1 Å². The van der Waals surface area contributed by atoms with Crippen molar-refractivity contribution < 1.29 is 14.6 Å². The molecule has 33 heavy (non-hydrogen) atoms. The molecule has 168 valence electrons. The van der Waals surface area contributed by atoms with Gasteiger partial charge >= 0.3 is 5.97 Å². The molecular formula is C26H26N4O3. The number of benzene rings is 2. The van der Waals surface area contributed by atoms with Gasteiger partial charge in [0.2, 0.25) is 0 Å². The van der Waals surface area contributed by atoms with Crippen molar-refractivity contribution >= 4 is 17.3 Å². The minimum Gasteiger partial charge on any atom is -0.489 e. The summed E-state index contributed by atoms with van der Waals surface area (Å²) in [6.45, 7) is 0.450. The Hall–Kier alpha value is -3.87. The van der Waals surface area contributed by atoms with E-state index in [4.69, 9.17) is 15.5 Å². The second-order valence-corrected chi connectivity index (χ2v) is 8.57. The quantitative estimate of drug-likeness (QED) is 0.443. The number of aromatic nitrogens is 3. The van der Waals surface area contributed by atoms with Crippen LogP contribution in [0.25, 0.3) is 16.8 Å². The first kappa shape index (κ1) is 21.0. The highest BCUT2D eigenvalue weighted by molar-refractivity contribution is 5.88. The number of carboxylic acid groups (broad SMARTS) is 1. The Balaban J connectivity index is 1.59. The maximum Gasteiger partial charge on any atom is 0.317 e. The predicted molar refractivity (Wildman–Crippen MR) is 126 cm³/mol. The highest BCUT2D eigenvalue weighted by Gasteiger charge is 2.45. The van der Waals surface area contributed by atoms with Gasteiger partial charge in [-0.2, -0.15) is 0 Å². The van der Waals surface area contributed by atoms with Crippen LogP contribution in [0.15, 0.2) is 67.0 Å². The molecule has 0 unspecified atom stereocenters. The van der Waals surface area contributed by atoms with Gasteiger partial charge in [-0.05, 0) is 30.5 Å². The van der Waals surface area contributed by atoms with Gasteiger partial charge in [-0.15, -0.1) is 0 Å². The van der Waals surface area contributed by atoms with Crippen molar-refractivity contribution in [3.8, 4) is 17.0 Å². The fraction of sp³-hybridized carbons (Fsp3) is 0.269. The average Bonchev–Trinajstić information content (AvgIpc) is 3.25. The Morgan fingerprint density at radius 2 is 1.88 bits per heavy atom. The summed E-state index contributed by atoms with van der Waals surface area (Å²) in [6.07, 6.45) is 7.23. The first-order valence-electron chi connectivity index (χ1n) is 11.2. The molecule has 2 aromatic heterocycles. The van der Waals surface area contributed by atoms with Crippen LogP contribution in [0.1, 0.15) is 43.5 Å². The fourth-order valence-corrected chi connectivity index (χ4v) is 4.77. The summed E-state index contributed by atoms with van der Waals surface area (Å²) in [7, 11) is 0. The third-order valence-corrected chi connectivity index (χ3v) is 6.48. The van der Waals surface area contributed by atoms with Gasteiger partial charge in [-0.1, -0.05) is 61.7 Å². The third kappa shape index (κ3) is 3.80. The number of hydrogen-bond donors (Lipinski definition) is 2. The van der Waals surface area contributed by atoms with Gasteiger partial charge in [0.15, 0.2) is 0 Å². The van der Waals surface area contributed by atoms with E-state index in [1.807, 2.05) is 59.0 Å². The Labute approximate surface area is 191 Å². The molecule has 1 saturated carbocycles. The number of ether oxygens (including phenoxy) is 1. The summed E-state index contributed by atoms with van der Waals surface area (Å²) >= 11 is 0. The molecule has 1 fully saturated rings. The molecule has 0 amide bonds. The molecule has 7 heteroatoms. The van der Waals surface area contributed by atoms with E-state index in [-0.39, 0.29) is 0 Å². The van der Waals surface area contributed by atoms with Gasteiger partial charge in [-0.25, -0.2) is 9.97 Å². The number of rotatable bonds is 6. The molecule has 1 aliphatic carbocycles. The van der Waals surface area contributed by atoms with Gasteiger partial charge in [0.25, 0.3) is 0 Å². The van der Waals surface area contributed by atoms with E-state index in [9.17, 15) is 9.90 Å². The van der Waals surface area contributed by atoms with Crippen LogP contribution < -0.4 is 10.5 Å². The van der Waals surface area contributed by atoms with Crippen molar-refractivity contribution in [3.63, 3.8) is 0 Å². The van der Waals surface area contributed by atoms with Crippen LogP contribution in [-0.2, 0) is 16.8 Å². The number of aliphatic carboxylic acids is 1. The minimum atomic E-state index is -1.03. The number of fused-ring (bicyclic) bond motifs is 1. The molecule has 0 radical (unpaired) electrons. The third-order valence-electron chi connectivity index (χ3n) is 6.48. The standard InChI is InChI=1S/C26H26N4O3/c27-23-22-21(19-10-7-11-20(16-19)33-17-18-8-3-1-4-9-18)29-24(30(22)15-14-28-23)26(25(31)32)12-5-2-6-13-26/h1,3-4,7-11,14-16H,2,5-6,12-13,17H2,(H2,27,28)(H,31,32). The Morgan fingerprint density at radius 1 is 1.09 bits per heavy atom. The zero-order chi connectivity index (χ0) is 22.8. The maximum absolute atomic E-state index is 12.5. The summed E-state index contributed by atoms with van der Waals surface area (Å²) in [5, 5.41) is 10.3. The number of nitrogen functional groups attached to an aromatic ring is 1. The van der Waals surface area contributed by atoms with Crippen LogP contribution in [0.3, 0.4) is 0 Å². The van der Waals surface area contributed by atoms with E-state index in [2.05, 4.69) is 4.98 Å². The Morgan fingerprint density at radius 3 is 2.64 bits per heavy atom. The molecule has 0 bridgehead atoms. The zero-order valence-electron chi connectivity index (χ0n) is 18.3. The second kappa shape index (κ2) is 8.58.